The molecule has 0 aliphatic rings. The molecule has 0 bridgehead atoms. The van der Waals surface area contributed by atoms with Gasteiger partial charge in [0.25, 0.3) is 0 Å². The number of hydrogen-bond donors (Lipinski definition) is 2. The van der Waals surface area contributed by atoms with Gasteiger partial charge in [0.05, 0.1) is 0 Å². The third kappa shape index (κ3) is 4.82. The van der Waals surface area contributed by atoms with E-state index in [1.807, 2.05) is 30.5 Å². The van der Waals surface area contributed by atoms with Gasteiger partial charge in [-0.05, 0) is 47.4 Å². The van der Waals surface area contributed by atoms with Gasteiger partial charge in [-0.1, -0.05) is 43.3 Å². The molecule has 1 amide bonds. The summed E-state index contributed by atoms with van der Waals surface area (Å²) in [7, 11) is 0. The molecule has 0 spiro atoms. The number of para-hydroxylation sites is 1. The first kappa shape index (κ1) is 20.8. The van der Waals surface area contributed by atoms with Gasteiger partial charge in [-0.15, -0.1) is 0 Å². The van der Waals surface area contributed by atoms with Crippen molar-refractivity contribution in [3.05, 3.63) is 101 Å². The second kappa shape index (κ2) is 9.56. The van der Waals surface area contributed by atoms with Crippen molar-refractivity contribution in [1.29, 1.82) is 0 Å². The average molecular weight is 416 g/mol. The van der Waals surface area contributed by atoms with Crippen LogP contribution in [0.1, 0.15) is 41.6 Å². The first-order chi connectivity index (χ1) is 15.2. The quantitative estimate of drug-likeness (QED) is 0.418. The lowest BCUT2D eigenvalue weighted by Gasteiger charge is -2.17. The molecule has 158 valence electrons. The summed E-state index contributed by atoms with van der Waals surface area (Å²) in [5.74, 6) is -0.489. The van der Waals surface area contributed by atoms with E-state index in [0.29, 0.717) is 13.0 Å². The van der Waals surface area contributed by atoms with E-state index >= 15 is 0 Å². The zero-order valence-corrected chi connectivity index (χ0v) is 17.6. The Morgan fingerprint density at radius 2 is 1.94 bits per heavy atom. The number of carbonyl (C=O) groups is 1. The smallest absolute Gasteiger partial charge is 0.220 e. The number of carbonyl (C=O) groups excluding carboxylic acids is 1. The molecule has 2 N–H and O–H groups in total. The summed E-state index contributed by atoms with van der Waals surface area (Å²) in [5.41, 5.74) is 5.26. The van der Waals surface area contributed by atoms with Crippen LogP contribution in [0.5, 0.6) is 0 Å². The molecule has 0 fully saturated rings. The molecule has 1 atom stereocenters. The van der Waals surface area contributed by atoms with E-state index < -0.39 is 0 Å². The largest absolute Gasteiger partial charge is 0.361 e. The van der Waals surface area contributed by atoms with Crippen molar-refractivity contribution in [3.63, 3.8) is 0 Å². The van der Waals surface area contributed by atoms with Crippen molar-refractivity contribution in [2.45, 2.75) is 32.1 Å². The minimum Gasteiger partial charge on any atom is -0.361 e. The summed E-state index contributed by atoms with van der Waals surface area (Å²) in [6.45, 7) is 2.65. The molecule has 2 heterocycles. The highest BCUT2D eigenvalue weighted by atomic mass is 19.1. The number of hydrogen-bond acceptors (Lipinski definition) is 2. The van der Waals surface area contributed by atoms with E-state index in [9.17, 15) is 9.18 Å². The second-order valence-electron chi connectivity index (χ2n) is 7.67. The average Bonchev–Trinajstić information content (AvgIpc) is 3.23. The Morgan fingerprint density at radius 1 is 1.10 bits per heavy atom. The van der Waals surface area contributed by atoms with Crippen LogP contribution in [0.2, 0.25) is 0 Å². The van der Waals surface area contributed by atoms with E-state index in [1.165, 1.54) is 17.7 Å². The lowest BCUT2D eigenvalue weighted by Crippen LogP contribution is -2.27. The predicted molar refractivity (Wildman–Crippen MR) is 121 cm³/mol. The Labute approximate surface area is 181 Å². The highest BCUT2D eigenvalue weighted by Gasteiger charge is 2.22. The fourth-order valence-electron chi connectivity index (χ4n) is 4.06. The first-order valence-corrected chi connectivity index (χ1v) is 10.7. The summed E-state index contributed by atoms with van der Waals surface area (Å²) in [4.78, 5) is 20.5. The van der Waals surface area contributed by atoms with Crippen LogP contribution in [0.3, 0.4) is 0 Å². The van der Waals surface area contributed by atoms with Crippen LogP contribution in [0.25, 0.3) is 10.9 Å². The number of nitrogens with zero attached hydrogens (tertiary/aromatic N) is 1. The van der Waals surface area contributed by atoms with Crippen molar-refractivity contribution >= 4 is 16.8 Å². The highest BCUT2D eigenvalue weighted by Crippen LogP contribution is 2.34. The van der Waals surface area contributed by atoms with Gasteiger partial charge in [-0.25, -0.2) is 4.39 Å². The summed E-state index contributed by atoms with van der Waals surface area (Å²) in [5, 5.41) is 4.12. The summed E-state index contributed by atoms with van der Waals surface area (Å²) in [6.07, 6.45) is 5.63. The summed E-state index contributed by atoms with van der Waals surface area (Å²) >= 11 is 0. The van der Waals surface area contributed by atoms with Crippen molar-refractivity contribution < 1.29 is 9.18 Å². The van der Waals surface area contributed by atoms with Crippen LogP contribution in [0.4, 0.5) is 4.39 Å². The number of fused-ring (bicyclic) bond motifs is 1. The Hall–Kier alpha value is -3.47. The Morgan fingerprint density at radius 3 is 2.68 bits per heavy atom. The minimum atomic E-state index is -0.283. The van der Waals surface area contributed by atoms with Gasteiger partial charge in [0.1, 0.15) is 5.82 Å². The molecule has 31 heavy (non-hydrogen) atoms. The van der Waals surface area contributed by atoms with E-state index in [1.54, 1.807) is 18.3 Å². The van der Waals surface area contributed by atoms with Crippen LogP contribution < -0.4 is 5.32 Å². The van der Waals surface area contributed by atoms with Gasteiger partial charge in [0, 0.05) is 54.3 Å². The van der Waals surface area contributed by atoms with E-state index in [4.69, 9.17) is 0 Å². The maximum absolute atomic E-state index is 13.5. The Bertz CT molecular complexity index is 1150. The number of benzene rings is 2. The molecular weight excluding hydrogens is 389 g/mol. The minimum absolute atomic E-state index is 0.0359. The lowest BCUT2D eigenvalue weighted by molar-refractivity contribution is -0.121. The van der Waals surface area contributed by atoms with Gasteiger partial charge in [-0.2, -0.15) is 0 Å². The van der Waals surface area contributed by atoms with Gasteiger partial charge < -0.3 is 10.3 Å². The number of amides is 1. The molecule has 0 aliphatic heterocycles. The Balaban J connectivity index is 1.57. The number of rotatable bonds is 8. The van der Waals surface area contributed by atoms with Crippen LogP contribution in [0.15, 0.2) is 73.1 Å². The van der Waals surface area contributed by atoms with Gasteiger partial charge >= 0.3 is 0 Å². The molecule has 4 rings (SSSR count). The van der Waals surface area contributed by atoms with Gasteiger partial charge in [0.15, 0.2) is 0 Å². The van der Waals surface area contributed by atoms with Gasteiger partial charge in [-0.3, -0.25) is 9.78 Å². The fourth-order valence-corrected chi connectivity index (χ4v) is 4.06. The Kier molecular flexibility index (Phi) is 6.41. The number of H-pyrrole nitrogens is 1. The number of pyridine rings is 1. The molecule has 5 heteroatoms. The number of halogens is 1. The predicted octanol–water partition coefficient (Wildman–Crippen LogP) is 5.15. The number of nitrogens with one attached hydrogen (secondary N) is 2. The number of aromatic amines is 1. The monoisotopic (exact) mass is 415 g/mol. The summed E-state index contributed by atoms with van der Waals surface area (Å²) in [6, 6.07) is 18.4. The van der Waals surface area contributed by atoms with E-state index in [0.717, 1.165) is 34.1 Å². The fraction of sp³-hybridized carbons (Fsp3) is 0.231. The van der Waals surface area contributed by atoms with Crippen molar-refractivity contribution in [2.24, 2.45) is 0 Å². The molecule has 2 aromatic carbocycles. The van der Waals surface area contributed by atoms with Crippen LogP contribution >= 0.6 is 0 Å². The zero-order valence-electron chi connectivity index (χ0n) is 17.6. The highest BCUT2D eigenvalue weighted by molar-refractivity contribution is 5.88. The molecule has 4 nitrogen and oxygen atoms in total. The standard InChI is InChI=1S/C26H26FN3O/c1-2-18-6-5-8-22-24(17-30-26(18)22)23(19-9-11-20(27)12-10-19)16-25(31)29-15-13-21-7-3-4-14-28-21/h3-12,14,17,23,30H,2,13,15-16H2,1H3,(H,29,31)/t23-/m1/s1. The molecule has 0 saturated heterocycles. The molecule has 0 saturated carbocycles. The maximum Gasteiger partial charge on any atom is 0.220 e. The van der Waals surface area contributed by atoms with Crippen molar-refractivity contribution in [3.8, 4) is 0 Å². The number of aryl methyl sites for hydroxylation is 1. The molecule has 0 unspecified atom stereocenters. The number of aromatic nitrogens is 2. The molecule has 0 aliphatic carbocycles. The maximum atomic E-state index is 13.5. The lowest BCUT2D eigenvalue weighted by atomic mass is 9.87. The van der Waals surface area contributed by atoms with Crippen molar-refractivity contribution in [2.75, 3.05) is 6.54 Å². The van der Waals surface area contributed by atoms with Gasteiger partial charge in [0.2, 0.25) is 5.91 Å². The molecule has 4 aromatic rings. The third-order valence-electron chi connectivity index (χ3n) is 5.68. The van der Waals surface area contributed by atoms with Crippen molar-refractivity contribution in [1.82, 2.24) is 15.3 Å². The van der Waals surface area contributed by atoms with Crippen LogP contribution in [-0.4, -0.2) is 22.4 Å². The van der Waals surface area contributed by atoms with Crippen LogP contribution in [-0.2, 0) is 17.6 Å². The zero-order chi connectivity index (χ0) is 21.6. The SMILES string of the molecule is CCc1cccc2c([C@H](CC(=O)NCCc3ccccn3)c3ccc(F)cc3)c[nH]c12. The summed E-state index contributed by atoms with van der Waals surface area (Å²) < 4.78 is 13.5. The molecular formula is C26H26FN3O. The van der Waals surface area contributed by atoms with Crippen LogP contribution in [0, 0.1) is 5.82 Å². The van der Waals surface area contributed by atoms with E-state index in [2.05, 4.69) is 34.3 Å². The van der Waals surface area contributed by atoms with E-state index in [-0.39, 0.29) is 24.1 Å². The molecule has 0 radical (unpaired) electrons. The molecule has 2 aromatic heterocycles. The first-order valence-electron chi connectivity index (χ1n) is 10.7. The third-order valence-corrected chi connectivity index (χ3v) is 5.68. The topological polar surface area (TPSA) is 57.8 Å². The second-order valence-corrected chi connectivity index (χ2v) is 7.67. The normalized spacial score (nSPS) is 12.1.